The van der Waals surface area contributed by atoms with Gasteiger partial charge in [0.2, 0.25) is 5.91 Å². The number of hydrogen-bond donors (Lipinski definition) is 1. The fraction of sp³-hybridized carbons (Fsp3) is 0.240. The average Bonchev–Trinajstić information content (AvgIpc) is 2.87. The number of ether oxygens (including phenoxy) is 3. The van der Waals surface area contributed by atoms with E-state index in [2.05, 4.69) is 5.32 Å². The van der Waals surface area contributed by atoms with Crippen molar-refractivity contribution >= 4 is 21.6 Å². The van der Waals surface area contributed by atoms with E-state index in [1.807, 2.05) is 19.1 Å². The highest BCUT2D eigenvalue weighted by Crippen LogP contribution is 2.33. The van der Waals surface area contributed by atoms with Crippen LogP contribution in [0.3, 0.4) is 0 Å². The summed E-state index contributed by atoms with van der Waals surface area (Å²) in [5, 5.41) is 2.88. The predicted octanol–water partition coefficient (Wildman–Crippen LogP) is 3.54. The van der Waals surface area contributed by atoms with Gasteiger partial charge in [-0.25, -0.2) is 8.42 Å². The van der Waals surface area contributed by atoms with Gasteiger partial charge in [-0.1, -0.05) is 30.3 Å². The Morgan fingerprint density at radius 2 is 1.74 bits per heavy atom. The third-order valence-electron chi connectivity index (χ3n) is 5.40. The molecule has 0 radical (unpaired) electrons. The summed E-state index contributed by atoms with van der Waals surface area (Å²) in [4.78, 5) is 13.1. The lowest BCUT2D eigenvalue weighted by molar-refractivity contribution is -0.120. The number of methoxy groups -OCH3 is 1. The zero-order chi connectivity index (χ0) is 24.1. The smallest absolute Gasteiger partial charge is 0.264 e. The maximum Gasteiger partial charge on any atom is 0.264 e. The molecule has 0 bridgehead atoms. The number of fused-ring (bicyclic) bond motifs is 1. The molecule has 0 unspecified atom stereocenters. The predicted molar refractivity (Wildman–Crippen MR) is 128 cm³/mol. The fourth-order valence-corrected chi connectivity index (χ4v) is 5.06. The molecule has 1 heterocycles. The van der Waals surface area contributed by atoms with Gasteiger partial charge in [-0.2, -0.15) is 0 Å². The van der Waals surface area contributed by atoms with Crippen molar-refractivity contribution in [3.63, 3.8) is 0 Å². The number of amides is 1. The number of hydrogen-bond acceptors (Lipinski definition) is 6. The molecule has 8 nitrogen and oxygen atoms in total. The van der Waals surface area contributed by atoms with Crippen molar-refractivity contribution < 1.29 is 27.4 Å². The van der Waals surface area contributed by atoms with Crippen molar-refractivity contribution in [2.75, 3.05) is 31.2 Å². The lowest BCUT2D eigenvalue weighted by Crippen LogP contribution is -2.41. The molecule has 0 spiro atoms. The minimum atomic E-state index is -4.01. The third kappa shape index (κ3) is 5.09. The van der Waals surface area contributed by atoms with Crippen LogP contribution in [0.1, 0.15) is 18.5 Å². The minimum Gasteiger partial charge on any atom is -0.497 e. The van der Waals surface area contributed by atoms with Gasteiger partial charge in [-0.15, -0.1) is 0 Å². The van der Waals surface area contributed by atoms with Gasteiger partial charge < -0.3 is 19.5 Å². The summed E-state index contributed by atoms with van der Waals surface area (Å²) in [7, 11) is -2.51. The molecule has 3 aromatic carbocycles. The Labute approximate surface area is 199 Å². The summed E-state index contributed by atoms with van der Waals surface area (Å²) in [6.45, 7) is 2.38. The van der Waals surface area contributed by atoms with Crippen molar-refractivity contribution in [2.24, 2.45) is 0 Å². The van der Waals surface area contributed by atoms with Crippen LogP contribution in [-0.4, -0.2) is 41.2 Å². The number of rotatable bonds is 8. The molecule has 0 aliphatic carbocycles. The van der Waals surface area contributed by atoms with Gasteiger partial charge in [0.25, 0.3) is 10.0 Å². The lowest BCUT2D eigenvalue weighted by Gasteiger charge is -2.26. The van der Waals surface area contributed by atoms with Crippen LogP contribution in [0.25, 0.3) is 0 Å². The summed E-state index contributed by atoms with van der Waals surface area (Å²) >= 11 is 0. The molecule has 178 valence electrons. The molecule has 4 rings (SSSR count). The average molecular weight is 483 g/mol. The van der Waals surface area contributed by atoms with E-state index in [4.69, 9.17) is 14.2 Å². The number of nitrogens with zero attached hydrogens (tertiary/aromatic N) is 1. The molecule has 1 aliphatic heterocycles. The lowest BCUT2D eigenvalue weighted by atomic mass is 10.1. The highest BCUT2D eigenvalue weighted by atomic mass is 32.2. The SMILES string of the molecule is COc1cccc(N(CC(=O)N[C@@H](C)c2ccc3c(c2)OCCO3)S(=O)(=O)c2ccccc2)c1. The van der Waals surface area contributed by atoms with Crippen LogP contribution in [-0.2, 0) is 14.8 Å². The van der Waals surface area contributed by atoms with Gasteiger partial charge in [-0.05, 0) is 48.9 Å². The molecular weight excluding hydrogens is 456 g/mol. The van der Waals surface area contributed by atoms with Crippen LogP contribution in [0.4, 0.5) is 5.69 Å². The number of sulfonamides is 1. The molecule has 3 aromatic rings. The number of carbonyl (C=O) groups is 1. The van der Waals surface area contributed by atoms with Gasteiger partial charge in [-0.3, -0.25) is 9.10 Å². The van der Waals surface area contributed by atoms with Crippen LogP contribution >= 0.6 is 0 Å². The second kappa shape index (κ2) is 10.0. The van der Waals surface area contributed by atoms with E-state index in [-0.39, 0.29) is 10.9 Å². The summed E-state index contributed by atoms with van der Waals surface area (Å²) in [5.41, 5.74) is 1.14. The molecule has 1 atom stereocenters. The number of nitrogens with one attached hydrogen (secondary N) is 1. The first-order chi connectivity index (χ1) is 16.4. The highest BCUT2D eigenvalue weighted by molar-refractivity contribution is 7.92. The molecule has 34 heavy (non-hydrogen) atoms. The molecule has 0 aromatic heterocycles. The molecule has 1 amide bonds. The zero-order valence-corrected chi connectivity index (χ0v) is 19.7. The molecule has 1 N–H and O–H groups in total. The number of carbonyl (C=O) groups excluding carboxylic acids is 1. The first kappa shape index (κ1) is 23.4. The zero-order valence-electron chi connectivity index (χ0n) is 18.9. The summed E-state index contributed by atoms with van der Waals surface area (Å²) < 4.78 is 44.4. The highest BCUT2D eigenvalue weighted by Gasteiger charge is 2.28. The Kier molecular flexibility index (Phi) is 6.93. The van der Waals surface area contributed by atoms with Gasteiger partial charge in [0.15, 0.2) is 11.5 Å². The van der Waals surface area contributed by atoms with E-state index >= 15 is 0 Å². The van der Waals surface area contributed by atoms with E-state index in [1.54, 1.807) is 48.5 Å². The Morgan fingerprint density at radius 1 is 1.00 bits per heavy atom. The van der Waals surface area contributed by atoms with E-state index < -0.39 is 22.5 Å². The van der Waals surface area contributed by atoms with Crippen molar-refractivity contribution in [3.05, 3.63) is 78.4 Å². The molecule has 9 heteroatoms. The fourth-order valence-electron chi connectivity index (χ4n) is 3.63. The normalized spacial score (nSPS) is 13.6. The van der Waals surface area contributed by atoms with E-state index in [0.29, 0.717) is 36.1 Å². The Balaban J connectivity index is 1.58. The van der Waals surface area contributed by atoms with Crippen molar-refractivity contribution in [1.29, 1.82) is 0 Å². The molecular formula is C25H26N2O6S. The Bertz CT molecular complexity index is 1260. The summed E-state index contributed by atoms with van der Waals surface area (Å²) in [6.07, 6.45) is 0. The van der Waals surface area contributed by atoms with Crippen LogP contribution < -0.4 is 23.8 Å². The third-order valence-corrected chi connectivity index (χ3v) is 7.19. The first-order valence-electron chi connectivity index (χ1n) is 10.8. The molecule has 0 fully saturated rings. The monoisotopic (exact) mass is 482 g/mol. The van der Waals surface area contributed by atoms with Crippen molar-refractivity contribution in [1.82, 2.24) is 5.32 Å². The van der Waals surface area contributed by atoms with Gasteiger partial charge >= 0.3 is 0 Å². The molecule has 0 saturated heterocycles. The Hall–Kier alpha value is -3.72. The van der Waals surface area contributed by atoms with Crippen LogP contribution in [0.15, 0.2) is 77.7 Å². The van der Waals surface area contributed by atoms with Gasteiger partial charge in [0.1, 0.15) is 25.5 Å². The summed E-state index contributed by atoms with van der Waals surface area (Å²) in [5.74, 6) is 1.31. The maximum atomic E-state index is 13.5. The second-order valence-electron chi connectivity index (χ2n) is 7.72. The largest absolute Gasteiger partial charge is 0.497 e. The topological polar surface area (TPSA) is 94.2 Å². The minimum absolute atomic E-state index is 0.0884. The van der Waals surface area contributed by atoms with Gasteiger partial charge in [0, 0.05) is 6.07 Å². The number of benzene rings is 3. The van der Waals surface area contributed by atoms with E-state index in [9.17, 15) is 13.2 Å². The quantitative estimate of drug-likeness (QED) is 0.528. The first-order valence-corrected chi connectivity index (χ1v) is 12.2. The van der Waals surface area contributed by atoms with Crippen LogP contribution in [0.2, 0.25) is 0 Å². The second-order valence-corrected chi connectivity index (χ2v) is 9.58. The van der Waals surface area contributed by atoms with E-state index in [0.717, 1.165) is 9.87 Å². The molecule has 1 aliphatic rings. The maximum absolute atomic E-state index is 13.5. The van der Waals surface area contributed by atoms with E-state index in [1.165, 1.54) is 19.2 Å². The van der Waals surface area contributed by atoms with Crippen molar-refractivity contribution in [3.8, 4) is 17.2 Å². The van der Waals surface area contributed by atoms with Gasteiger partial charge in [0.05, 0.1) is 23.7 Å². The van der Waals surface area contributed by atoms with Crippen LogP contribution in [0, 0.1) is 0 Å². The number of anilines is 1. The molecule has 0 saturated carbocycles. The summed E-state index contributed by atoms with van der Waals surface area (Å²) in [6, 6.07) is 19.7. The standard InChI is InChI=1S/C25H26N2O6S/c1-18(19-11-12-23-24(15-19)33-14-13-32-23)26-25(28)17-27(20-7-6-8-21(16-20)31-2)34(29,30)22-9-4-3-5-10-22/h3-12,15-16,18H,13-14,17H2,1-2H3,(H,26,28)/t18-/m0/s1. The van der Waals surface area contributed by atoms with Crippen LogP contribution in [0.5, 0.6) is 17.2 Å². The van der Waals surface area contributed by atoms with Crippen molar-refractivity contribution in [2.45, 2.75) is 17.9 Å². The Morgan fingerprint density at radius 3 is 2.47 bits per heavy atom.